The maximum Gasteiger partial charge on any atom is 0.341 e. The first-order valence-electron chi connectivity index (χ1n) is 9.56. The highest BCUT2D eigenvalue weighted by molar-refractivity contribution is 6.31. The lowest BCUT2D eigenvalue weighted by Crippen LogP contribution is -2.21. The quantitative estimate of drug-likeness (QED) is 0.407. The standard InChI is InChI=1S/C22H21ClN4O3/c1-3-29-22(28)18-12-25-27(21(18)14-26(2)13-16-5-4-10-30-16)20-8-9-24-19-11-15(23)6-7-17(19)20/h4-12H,3,13-14H2,1-2H3. The van der Waals surface area contributed by atoms with Gasteiger partial charge >= 0.3 is 5.97 Å². The number of rotatable bonds is 7. The lowest BCUT2D eigenvalue weighted by molar-refractivity contribution is 0.0524. The van der Waals surface area contributed by atoms with Crippen LogP contribution in [0.3, 0.4) is 0 Å². The molecule has 8 heteroatoms. The molecule has 0 atom stereocenters. The van der Waals surface area contributed by atoms with Crippen LogP contribution in [0.2, 0.25) is 5.02 Å². The first-order valence-corrected chi connectivity index (χ1v) is 9.94. The minimum atomic E-state index is -0.397. The Morgan fingerprint density at radius 2 is 2.13 bits per heavy atom. The molecule has 0 saturated heterocycles. The summed E-state index contributed by atoms with van der Waals surface area (Å²) in [5, 5.41) is 6.01. The Labute approximate surface area is 178 Å². The summed E-state index contributed by atoms with van der Waals surface area (Å²) in [6.07, 6.45) is 4.90. The molecule has 0 bridgehead atoms. The average Bonchev–Trinajstić information content (AvgIpc) is 3.37. The van der Waals surface area contributed by atoms with Gasteiger partial charge in [-0.3, -0.25) is 9.88 Å². The van der Waals surface area contributed by atoms with Gasteiger partial charge in [-0.15, -0.1) is 0 Å². The molecule has 0 radical (unpaired) electrons. The fourth-order valence-corrected chi connectivity index (χ4v) is 3.55. The van der Waals surface area contributed by atoms with Crippen LogP contribution in [0.5, 0.6) is 0 Å². The smallest absolute Gasteiger partial charge is 0.341 e. The molecule has 0 unspecified atom stereocenters. The number of nitrogens with zero attached hydrogens (tertiary/aromatic N) is 4. The fraction of sp³-hybridized carbons (Fsp3) is 0.227. The van der Waals surface area contributed by atoms with E-state index in [4.69, 9.17) is 20.8 Å². The number of carbonyl (C=O) groups excluding carboxylic acids is 1. The molecule has 0 aliphatic rings. The summed E-state index contributed by atoms with van der Waals surface area (Å²) in [6, 6.07) is 11.2. The first kappa shape index (κ1) is 20.1. The number of hydrogen-bond acceptors (Lipinski definition) is 6. The third-order valence-corrected chi connectivity index (χ3v) is 4.93. The van der Waals surface area contributed by atoms with Crippen LogP contribution >= 0.6 is 11.6 Å². The van der Waals surface area contributed by atoms with Crippen LogP contribution in [0.1, 0.15) is 28.7 Å². The van der Waals surface area contributed by atoms with Gasteiger partial charge in [0.15, 0.2) is 0 Å². The molecule has 0 aliphatic heterocycles. The number of fused-ring (bicyclic) bond motifs is 1. The van der Waals surface area contributed by atoms with E-state index in [1.807, 2.05) is 37.4 Å². The number of hydrogen-bond donors (Lipinski definition) is 0. The number of ether oxygens (including phenoxy) is 1. The largest absolute Gasteiger partial charge is 0.468 e. The molecule has 1 aromatic carbocycles. The van der Waals surface area contributed by atoms with Gasteiger partial charge in [0.05, 0.1) is 42.5 Å². The van der Waals surface area contributed by atoms with Gasteiger partial charge < -0.3 is 9.15 Å². The predicted octanol–water partition coefficient (Wildman–Crippen LogP) is 4.48. The predicted molar refractivity (Wildman–Crippen MR) is 114 cm³/mol. The molecule has 0 fully saturated rings. The number of esters is 1. The van der Waals surface area contributed by atoms with Crippen LogP contribution in [0.15, 0.2) is 59.5 Å². The second kappa shape index (κ2) is 8.69. The molecule has 0 aliphatic carbocycles. The maximum absolute atomic E-state index is 12.6. The van der Waals surface area contributed by atoms with E-state index in [2.05, 4.69) is 15.0 Å². The minimum absolute atomic E-state index is 0.294. The van der Waals surface area contributed by atoms with E-state index in [1.54, 1.807) is 36.3 Å². The van der Waals surface area contributed by atoms with Gasteiger partial charge in [0, 0.05) is 23.2 Å². The van der Waals surface area contributed by atoms with Crippen molar-refractivity contribution in [2.75, 3.05) is 13.7 Å². The van der Waals surface area contributed by atoms with E-state index in [0.29, 0.717) is 30.3 Å². The minimum Gasteiger partial charge on any atom is -0.468 e. The fourth-order valence-electron chi connectivity index (χ4n) is 3.38. The van der Waals surface area contributed by atoms with Gasteiger partial charge in [0.2, 0.25) is 0 Å². The van der Waals surface area contributed by atoms with Crippen molar-refractivity contribution in [1.29, 1.82) is 0 Å². The highest BCUT2D eigenvalue weighted by atomic mass is 35.5. The SMILES string of the molecule is CCOC(=O)c1cnn(-c2ccnc3cc(Cl)ccc23)c1CN(C)Cc1ccco1. The van der Waals surface area contributed by atoms with E-state index in [0.717, 1.165) is 28.0 Å². The van der Waals surface area contributed by atoms with Crippen LogP contribution in [-0.4, -0.2) is 39.3 Å². The lowest BCUT2D eigenvalue weighted by Gasteiger charge is -2.18. The van der Waals surface area contributed by atoms with Crippen molar-refractivity contribution in [2.45, 2.75) is 20.0 Å². The molecule has 7 nitrogen and oxygen atoms in total. The molecule has 0 amide bonds. The van der Waals surface area contributed by atoms with Crippen LogP contribution in [0.4, 0.5) is 0 Å². The van der Waals surface area contributed by atoms with Crippen LogP contribution < -0.4 is 0 Å². The zero-order chi connectivity index (χ0) is 21.1. The van der Waals surface area contributed by atoms with Crippen molar-refractivity contribution in [2.24, 2.45) is 0 Å². The Morgan fingerprint density at radius 1 is 1.27 bits per heavy atom. The molecule has 154 valence electrons. The molecular formula is C22H21ClN4O3. The molecule has 4 aromatic rings. The van der Waals surface area contributed by atoms with E-state index in [-0.39, 0.29) is 0 Å². The van der Waals surface area contributed by atoms with Crippen molar-refractivity contribution >= 4 is 28.5 Å². The van der Waals surface area contributed by atoms with Crippen molar-refractivity contribution in [3.8, 4) is 5.69 Å². The normalized spacial score (nSPS) is 11.3. The number of furan rings is 1. The van der Waals surface area contributed by atoms with Crippen molar-refractivity contribution in [3.63, 3.8) is 0 Å². The maximum atomic E-state index is 12.6. The molecule has 4 rings (SSSR count). The van der Waals surface area contributed by atoms with Crippen molar-refractivity contribution in [1.82, 2.24) is 19.7 Å². The summed E-state index contributed by atoms with van der Waals surface area (Å²) in [5.41, 5.74) is 2.73. The summed E-state index contributed by atoms with van der Waals surface area (Å²) in [4.78, 5) is 19.0. The third-order valence-electron chi connectivity index (χ3n) is 4.70. The summed E-state index contributed by atoms with van der Waals surface area (Å²) in [6.45, 7) is 3.13. The van der Waals surface area contributed by atoms with Gasteiger partial charge in [-0.05, 0) is 50.4 Å². The van der Waals surface area contributed by atoms with Gasteiger partial charge in [-0.25, -0.2) is 9.48 Å². The van der Waals surface area contributed by atoms with Gasteiger partial charge in [0.1, 0.15) is 11.3 Å². The van der Waals surface area contributed by atoms with Crippen LogP contribution in [0.25, 0.3) is 16.6 Å². The number of halogens is 1. The highest BCUT2D eigenvalue weighted by Gasteiger charge is 2.22. The molecule has 30 heavy (non-hydrogen) atoms. The Balaban J connectivity index is 1.77. The topological polar surface area (TPSA) is 73.4 Å². The second-order valence-electron chi connectivity index (χ2n) is 6.88. The van der Waals surface area contributed by atoms with Gasteiger partial charge in [-0.2, -0.15) is 5.10 Å². The van der Waals surface area contributed by atoms with Gasteiger partial charge in [-0.1, -0.05) is 11.6 Å². The Morgan fingerprint density at radius 3 is 2.90 bits per heavy atom. The molecular weight excluding hydrogens is 404 g/mol. The Bertz CT molecular complexity index is 1170. The number of carbonyl (C=O) groups is 1. The second-order valence-corrected chi connectivity index (χ2v) is 7.32. The molecule has 0 spiro atoms. The molecule has 0 saturated carbocycles. The molecule has 3 aromatic heterocycles. The number of benzene rings is 1. The molecule has 3 heterocycles. The molecule has 0 N–H and O–H groups in total. The third kappa shape index (κ3) is 4.08. The van der Waals surface area contributed by atoms with E-state index in [9.17, 15) is 4.79 Å². The Kier molecular flexibility index (Phi) is 5.83. The zero-order valence-corrected chi connectivity index (χ0v) is 17.5. The van der Waals surface area contributed by atoms with E-state index < -0.39 is 5.97 Å². The average molecular weight is 425 g/mol. The van der Waals surface area contributed by atoms with E-state index in [1.165, 1.54) is 0 Å². The number of pyridine rings is 1. The van der Waals surface area contributed by atoms with Crippen molar-refractivity contribution in [3.05, 3.63) is 77.1 Å². The Hall–Kier alpha value is -3.16. The number of aromatic nitrogens is 3. The summed E-state index contributed by atoms with van der Waals surface area (Å²) in [5.74, 6) is 0.441. The zero-order valence-electron chi connectivity index (χ0n) is 16.7. The first-order chi connectivity index (χ1) is 14.6. The lowest BCUT2D eigenvalue weighted by atomic mass is 10.1. The monoisotopic (exact) mass is 424 g/mol. The summed E-state index contributed by atoms with van der Waals surface area (Å²) >= 11 is 6.13. The summed E-state index contributed by atoms with van der Waals surface area (Å²) in [7, 11) is 1.96. The van der Waals surface area contributed by atoms with Crippen LogP contribution in [0, 0.1) is 0 Å². The van der Waals surface area contributed by atoms with Gasteiger partial charge in [0.25, 0.3) is 0 Å². The van der Waals surface area contributed by atoms with E-state index >= 15 is 0 Å². The highest BCUT2D eigenvalue weighted by Crippen LogP contribution is 2.26. The summed E-state index contributed by atoms with van der Waals surface area (Å²) < 4.78 is 12.5. The van der Waals surface area contributed by atoms with Crippen LogP contribution in [-0.2, 0) is 17.8 Å². The van der Waals surface area contributed by atoms with Crippen molar-refractivity contribution < 1.29 is 13.9 Å².